The lowest BCUT2D eigenvalue weighted by molar-refractivity contribution is -0.138. The Balaban J connectivity index is 1.35. The average molecular weight is 377 g/mol. The Morgan fingerprint density at radius 2 is 2.04 bits per heavy atom. The molecule has 4 rings (SSSR count). The molecule has 5 heteroatoms. The van der Waals surface area contributed by atoms with Gasteiger partial charge in [-0.05, 0) is 59.4 Å². The second-order valence-corrected chi connectivity index (χ2v) is 7.11. The minimum absolute atomic E-state index is 0.0796. The fourth-order valence-corrected chi connectivity index (χ4v) is 3.52. The van der Waals surface area contributed by atoms with E-state index in [0.29, 0.717) is 19.4 Å². The van der Waals surface area contributed by atoms with E-state index < -0.39 is 5.97 Å². The van der Waals surface area contributed by atoms with Crippen LogP contribution in [-0.2, 0) is 11.2 Å². The number of aliphatic imine (C=N–C) groups is 1. The minimum Gasteiger partial charge on any atom is -0.493 e. The Morgan fingerprint density at radius 3 is 2.68 bits per heavy atom. The molecule has 28 heavy (non-hydrogen) atoms. The molecule has 2 aliphatic rings. The summed E-state index contributed by atoms with van der Waals surface area (Å²) >= 11 is 0. The lowest BCUT2D eigenvalue weighted by Crippen LogP contribution is -2.03. The summed E-state index contributed by atoms with van der Waals surface area (Å²) in [6, 6.07) is 12.5. The smallest absolute Gasteiger partial charge is 0.307 e. The van der Waals surface area contributed by atoms with Crippen LogP contribution in [0.5, 0.6) is 5.75 Å². The third kappa shape index (κ3) is 3.88. The molecule has 2 unspecified atom stereocenters. The molecule has 1 saturated carbocycles. The number of nitrogens with zero attached hydrogens (tertiary/aromatic N) is 1. The highest BCUT2D eigenvalue weighted by Gasteiger charge is 2.44. The minimum atomic E-state index is -0.814. The first-order valence-corrected chi connectivity index (χ1v) is 9.20. The van der Waals surface area contributed by atoms with Gasteiger partial charge >= 0.3 is 5.97 Å². The second-order valence-electron chi connectivity index (χ2n) is 7.11. The fourth-order valence-electron chi connectivity index (χ4n) is 3.52. The molecule has 4 nitrogen and oxygen atoms in total. The van der Waals surface area contributed by atoms with Gasteiger partial charge < -0.3 is 9.84 Å². The van der Waals surface area contributed by atoms with E-state index in [4.69, 9.17) is 9.84 Å². The summed E-state index contributed by atoms with van der Waals surface area (Å²) in [5, 5.41) is 9.07. The van der Waals surface area contributed by atoms with E-state index in [-0.39, 0.29) is 17.7 Å². The number of hydrogen-bond acceptors (Lipinski definition) is 3. The zero-order valence-electron chi connectivity index (χ0n) is 15.3. The maximum Gasteiger partial charge on any atom is 0.307 e. The van der Waals surface area contributed by atoms with Gasteiger partial charge in [0.25, 0.3) is 0 Å². The van der Waals surface area contributed by atoms with E-state index in [1.165, 1.54) is 12.1 Å². The zero-order valence-corrected chi connectivity index (χ0v) is 15.3. The summed E-state index contributed by atoms with van der Waals surface area (Å²) in [5.41, 5.74) is 4.35. The van der Waals surface area contributed by atoms with Gasteiger partial charge in [0.05, 0.1) is 18.2 Å². The lowest BCUT2D eigenvalue weighted by atomic mass is 10.0. The van der Waals surface area contributed by atoms with Gasteiger partial charge in [-0.3, -0.25) is 9.79 Å². The molecule has 142 valence electrons. The number of allylic oxidation sites excluding steroid dienone is 2. The Kier molecular flexibility index (Phi) is 4.82. The Morgan fingerprint density at radius 1 is 1.25 bits per heavy atom. The number of carboxylic acids is 1. The Hall–Kier alpha value is -3.21. The van der Waals surface area contributed by atoms with E-state index >= 15 is 0 Å². The molecule has 1 fully saturated rings. The van der Waals surface area contributed by atoms with Crippen molar-refractivity contribution in [2.24, 2.45) is 10.9 Å². The highest BCUT2D eigenvalue weighted by atomic mass is 19.1. The van der Waals surface area contributed by atoms with Crippen molar-refractivity contribution in [2.75, 3.05) is 6.61 Å². The van der Waals surface area contributed by atoms with Crippen LogP contribution in [0.4, 0.5) is 4.39 Å². The van der Waals surface area contributed by atoms with Gasteiger partial charge in [-0.15, -0.1) is 0 Å². The zero-order chi connectivity index (χ0) is 19.7. The first-order chi connectivity index (χ1) is 13.5. The highest BCUT2D eigenvalue weighted by molar-refractivity contribution is 5.96. The Labute approximate surface area is 162 Å². The van der Waals surface area contributed by atoms with Crippen LogP contribution >= 0.6 is 0 Å². The number of carboxylic acid groups (broad SMARTS) is 1. The molecule has 0 radical (unpaired) electrons. The molecular weight excluding hydrogens is 357 g/mol. The molecule has 2 aromatic carbocycles. The summed E-state index contributed by atoms with van der Waals surface area (Å²) in [6.45, 7) is 4.31. The van der Waals surface area contributed by atoms with Crippen LogP contribution in [-0.4, -0.2) is 23.9 Å². The largest absolute Gasteiger partial charge is 0.493 e. The van der Waals surface area contributed by atoms with Crippen molar-refractivity contribution in [3.8, 4) is 5.75 Å². The summed E-state index contributed by atoms with van der Waals surface area (Å²) in [7, 11) is 0. The number of halogens is 1. The molecule has 0 spiro atoms. The monoisotopic (exact) mass is 377 g/mol. The van der Waals surface area contributed by atoms with Gasteiger partial charge in [0.15, 0.2) is 0 Å². The average Bonchev–Trinajstić information content (AvgIpc) is 3.37. The van der Waals surface area contributed by atoms with Gasteiger partial charge in [0.2, 0.25) is 0 Å². The molecule has 1 heterocycles. The van der Waals surface area contributed by atoms with Gasteiger partial charge in [-0.25, -0.2) is 4.39 Å². The van der Waals surface area contributed by atoms with Crippen molar-refractivity contribution in [3.05, 3.63) is 83.3 Å². The van der Waals surface area contributed by atoms with Crippen LogP contribution in [0.2, 0.25) is 0 Å². The van der Waals surface area contributed by atoms with E-state index in [1.54, 1.807) is 6.21 Å². The lowest BCUT2D eigenvalue weighted by Gasteiger charge is -2.09. The maximum absolute atomic E-state index is 13.9. The normalized spacial score (nSPS) is 20.2. The predicted molar refractivity (Wildman–Crippen MR) is 106 cm³/mol. The van der Waals surface area contributed by atoms with E-state index in [0.717, 1.165) is 33.7 Å². The predicted octanol–water partition coefficient (Wildman–Crippen LogP) is 4.62. The van der Waals surface area contributed by atoms with Gasteiger partial charge in [0.1, 0.15) is 11.6 Å². The van der Waals surface area contributed by atoms with E-state index in [9.17, 15) is 9.18 Å². The molecule has 0 amide bonds. The molecule has 0 saturated heterocycles. The first-order valence-electron chi connectivity index (χ1n) is 9.20. The first kappa shape index (κ1) is 18.2. The molecule has 1 N–H and O–H groups in total. The van der Waals surface area contributed by atoms with Crippen molar-refractivity contribution in [1.29, 1.82) is 0 Å². The van der Waals surface area contributed by atoms with Crippen molar-refractivity contribution in [2.45, 2.75) is 18.8 Å². The van der Waals surface area contributed by atoms with Gasteiger partial charge in [-0.2, -0.15) is 0 Å². The van der Waals surface area contributed by atoms with Crippen LogP contribution in [0, 0.1) is 11.7 Å². The second kappa shape index (κ2) is 7.43. The van der Waals surface area contributed by atoms with Crippen molar-refractivity contribution >= 4 is 17.8 Å². The number of aliphatic carboxylic acids is 1. The third-order valence-electron chi connectivity index (χ3n) is 5.12. The third-order valence-corrected chi connectivity index (χ3v) is 5.12. The van der Waals surface area contributed by atoms with Crippen LogP contribution in [0.15, 0.2) is 65.8 Å². The van der Waals surface area contributed by atoms with Gasteiger partial charge in [-0.1, -0.05) is 24.8 Å². The van der Waals surface area contributed by atoms with Crippen LogP contribution in [0.3, 0.4) is 0 Å². The van der Waals surface area contributed by atoms with E-state index in [1.807, 2.05) is 36.4 Å². The van der Waals surface area contributed by atoms with Crippen molar-refractivity contribution < 1.29 is 19.0 Å². The summed E-state index contributed by atoms with van der Waals surface area (Å²) in [5.74, 6) is -0.880. The van der Waals surface area contributed by atoms with E-state index in [2.05, 4.69) is 11.6 Å². The SMILES string of the molecule is C=C1N=CC=C1c1ccc(OCCc2cc(F)cc(C3CC3C(=O)O)c2)cc1. The number of benzene rings is 2. The van der Waals surface area contributed by atoms with Crippen molar-refractivity contribution in [1.82, 2.24) is 0 Å². The molecule has 2 aromatic rings. The van der Waals surface area contributed by atoms with Gasteiger partial charge in [0, 0.05) is 18.2 Å². The molecule has 2 atom stereocenters. The standard InChI is InChI=1S/C23H20FNO3/c1-14-20(6-8-25-14)16-2-4-19(5-3-16)28-9-7-15-10-17(12-18(24)11-15)21-13-22(21)23(26)27/h2-6,8,10-12,21-22H,1,7,9,13H2,(H,26,27). The fraction of sp³-hybridized carbons (Fsp3) is 0.217. The molecular formula is C23H20FNO3. The maximum atomic E-state index is 13.9. The molecule has 1 aliphatic heterocycles. The van der Waals surface area contributed by atoms with Crippen molar-refractivity contribution in [3.63, 3.8) is 0 Å². The Bertz CT molecular complexity index is 991. The number of ether oxygens (including phenoxy) is 1. The quantitative estimate of drug-likeness (QED) is 0.766. The molecule has 1 aliphatic carbocycles. The topological polar surface area (TPSA) is 58.9 Å². The number of carbonyl (C=O) groups is 1. The summed E-state index contributed by atoms with van der Waals surface area (Å²) in [6.07, 6.45) is 4.78. The summed E-state index contributed by atoms with van der Waals surface area (Å²) in [4.78, 5) is 15.2. The highest BCUT2D eigenvalue weighted by Crippen LogP contribution is 2.47. The summed E-state index contributed by atoms with van der Waals surface area (Å²) < 4.78 is 19.7. The molecule has 0 aromatic heterocycles. The van der Waals surface area contributed by atoms with Crippen LogP contribution in [0.1, 0.15) is 29.0 Å². The number of rotatable bonds is 7. The number of hydrogen-bond donors (Lipinski definition) is 1. The van der Waals surface area contributed by atoms with Crippen LogP contribution < -0.4 is 4.74 Å². The molecule has 0 bridgehead atoms. The van der Waals surface area contributed by atoms with Crippen LogP contribution in [0.25, 0.3) is 5.57 Å².